The van der Waals surface area contributed by atoms with Gasteiger partial charge >= 0.3 is 0 Å². The van der Waals surface area contributed by atoms with Gasteiger partial charge < -0.3 is 5.73 Å². The monoisotopic (exact) mass is 169 g/mol. The molecule has 0 spiro atoms. The van der Waals surface area contributed by atoms with Gasteiger partial charge in [0.2, 0.25) is 0 Å². The SMILES string of the molecule is C[C@@H](N)CC1CCC(C)(C)CC1. The smallest absolute Gasteiger partial charge is 0.00131 e. The van der Waals surface area contributed by atoms with Gasteiger partial charge in [-0.25, -0.2) is 0 Å². The van der Waals surface area contributed by atoms with Crippen molar-refractivity contribution in [2.75, 3.05) is 0 Å². The Morgan fingerprint density at radius 1 is 1.33 bits per heavy atom. The molecule has 1 fully saturated rings. The van der Waals surface area contributed by atoms with E-state index in [4.69, 9.17) is 5.73 Å². The highest BCUT2D eigenvalue weighted by atomic mass is 14.6. The van der Waals surface area contributed by atoms with Crippen LogP contribution in [0.1, 0.15) is 52.9 Å². The molecule has 1 aliphatic rings. The van der Waals surface area contributed by atoms with E-state index in [9.17, 15) is 0 Å². The lowest BCUT2D eigenvalue weighted by atomic mass is 9.72. The number of hydrogen-bond acceptors (Lipinski definition) is 1. The summed E-state index contributed by atoms with van der Waals surface area (Å²) in [6.07, 6.45) is 6.81. The second kappa shape index (κ2) is 3.78. The Bertz CT molecular complexity index is 128. The Kier molecular flexibility index (Phi) is 3.16. The lowest BCUT2D eigenvalue weighted by Crippen LogP contribution is -2.26. The summed E-state index contributed by atoms with van der Waals surface area (Å²) in [4.78, 5) is 0. The molecule has 0 aliphatic heterocycles. The summed E-state index contributed by atoms with van der Waals surface area (Å²) in [5.41, 5.74) is 6.40. The molecule has 0 radical (unpaired) electrons. The van der Waals surface area contributed by atoms with Crippen LogP contribution in [0.2, 0.25) is 0 Å². The van der Waals surface area contributed by atoms with E-state index in [2.05, 4.69) is 20.8 Å². The van der Waals surface area contributed by atoms with Crippen molar-refractivity contribution in [1.82, 2.24) is 0 Å². The van der Waals surface area contributed by atoms with Crippen molar-refractivity contribution in [3.05, 3.63) is 0 Å². The molecule has 1 atom stereocenters. The highest BCUT2D eigenvalue weighted by molar-refractivity contribution is 4.79. The lowest BCUT2D eigenvalue weighted by Gasteiger charge is -2.34. The summed E-state index contributed by atoms with van der Waals surface area (Å²) in [6, 6.07) is 0.399. The summed E-state index contributed by atoms with van der Waals surface area (Å²) in [6.45, 7) is 6.89. The van der Waals surface area contributed by atoms with E-state index in [0.29, 0.717) is 11.5 Å². The third-order valence-corrected chi connectivity index (χ3v) is 3.16. The number of hydrogen-bond donors (Lipinski definition) is 1. The van der Waals surface area contributed by atoms with Crippen molar-refractivity contribution in [2.24, 2.45) is 17.1 Å². The minimum Gasteiger partial charge on any atom is -0.328 e. The van der Waals surface area contributed by atoms with Crippen LogP contribution in [-0.2, 0) is 0 Å². The Labute approximate surface area is 76.7 Å². The van der Waals surface area contributed by atoms with Gasteiger partial charge in [0, 0.05) is 6.04 Å². The third kappa shape index (κ3) is 3.14. The van der Waals surface area contributed by atoms with E-state index in [1.165, 1.54) is 32.1 Å². The Morgan fingerprint density at radius 3 is 2.25 bits per heavy atom. The van der Waals surface area contributed by atoms with E-state index < -0.39 is 0 Å². The first-order valence-electron chi connectivity index (χ1n) is 5.25. The Morgan fingerprint density at radius 2 is 1.83 bits per heavy atom. The summed E-state index contributed by atoms with van der Waals surface area (Å²) in [5, 5.41) is 0. The quantitative estimate of drug-likeness (QED) is 0.675. The van der Waals surface area contributed by atoms with Crippen molar-refractivity contribution in [3.8, 4) is 0 Å². The van der Waals surface area contributed by atoms with E-state index in [1.54, 1.807) is 0 Å². The van der Waals surface area contributed by atoms with Crippen LogP contribution in [0.5, 0.6) is 0 Å². The molecular formula is C11H23N. The lowest BCUT2D eigenvalue weighted by molar-refractivity contribution is 0.181. The van der Waals surface area contributed by atoms with Crippen LogP contribution in [0.15, 0.2) is 0 Å². The molecule has 1 saturated carbocycles. The molecule has 0 saturated heterocycles. The van der Waals surface area contributed by atoms with Gasteiger partial charge in [-0.05, 0) is 50.4 Å². The number of rotatable bonds is 2. The topological polar surface area (TPSA) is 26.0 Å². The molecule has 1 rings (SSSR count). The molecule has 0 aromatic carbocycles. The van der Waals surface area contributed by atoms with Gasteiger partial charge in [0.1, 0.15) is 0 Å². The van der Waals surface area contributed by atoms with Crippen molar-refractivity contribution in [1.29, 1.82) is 0 Å². The normalized spacial score (nSPS) is 27.0. The van der Waals surface area contributed by atoms with Gasteiger partial charge in [-0.1, -0.05) is 13.8 Å². The van der Waals surface area contributed by atoms with Crippen molar-refractivity contribution >= 4 is 0 Å². The van der Waals surface area contributed by atoms with Gasteiger partial charge in [0.15, 0.2) is 0 Å². The highest BCUT2D eigenvalue weighted by Gasteiger charge is 2.26. The predicted molar refractivity (Wildman–Crippen MR) is 54.0 cm³/mol. The number of nitrogens with two attached hydrogens (primary N) is 1. The first-order chi connectivity index (χ1) is 5.49. The second-order valence-electron chi connectivity index (χ2n) is 5.32. The van der Waals surface area contributed by atoms with Gasteiger partial charge in [-0.15, -0.1) is 0 Å². The van der Waals surface area contributed by atoms with Gasteiger partial charge in [-0.3, -0.25) is 0 Å². The maximum Gasteiger partial charge on any atom is 0.00131 e. The summed E-state index contributed by atoms with van der Waals surface area (Å²) < 4.78 is 0. The summed E-state index contributed by atoms with van der Waals surface area (Å²) in [7, 11) is 0. The first kappa shape index (κ1) is 10.0. The van der Waals surface area contributed by atoms with Crippen LogP contribution in [0, 0.1) is 11.3 Å². The fourth-order valence-corrected chi connectivity index (χ4v) is 2.22. The van der Waals surface area contributed by atoms with Crippen LogP contribution in [0.3, 0.4) is 0 Å². The van der Waals surface area contributed by atoms with Crippen molar-refractivity contribution in [2.45, 2.75) is 58.9 Å². The maximum atomic E-state index is 5.79. The molecule has 0 heterocycles. The standard InChI is InChI=1S/C11H23N/c1-9(12)8-10-4-6-11(2,3)7-5-10/h9-10H,4-8,12H2,1-3H3/t9-/m1/s1. The largest absolute Gasteiger partial charge is 0.328 e. The van der Waals surface area contributed by atoms with Gasteiger partial charge in [0.25, 0.3) is 0 Å². The average Bonchev–Trinajstić information content (AvgIpc) is 1.93. The minimum absolute atomic E-state index is 0.399. The van der Waals surface area contributed by atoms with Gasteiger partial charge in [-0.2, -0.15) is 0 Å². The second-order valence-corrected chi connectivity index (χ2v) is 5.32. The van der Waals surface area contributed by atoms with Crippen LogP contribution in [0.4, 0.5) is 0 Å². The molecule has 2 N–H and O–H groups in total. The van der Waals surface area contributed by atoms with Crippen molar-refractivity contribution in [3.63, 3.8) is 0 Å². The third-order valence-electron chi connectivity index (χ3n) is 3.16. The minimum atomic E-state index is 0.399. The van der Waals surface area contributed by atoms with Gasteiger partial charge in [0.05, 0.1) is 0 Å². The molecule has 1 heteroatoms. The zero-order valence-electron chi connectivity index (χ0n) is 8.77. The zero-order chi connectivity index (χ0) is 9.19. The molecule has 72 valence electrons. The molecule has 12 heavy (non-hydrogen) atoms. The maximum absolute atomic E-state index is 5.79. The molecule has 0 amide bonds. The molecule has 1 aliphatic carbocycles. The van der Waals surface area contributed by atoms with E-state index in [1.807, 2.05) is 0 Å². The molecule has 0 unspecified atom stereocenters. The Hall–Kier alpha value is -0.0400. The van der Waals surface area contributed by atoms with E-state index >= 15 is 0 Å². The van der Waals surface area contributed by atoms with Crippen molar-refractivity contribution < 1.29 is 0 Å². The fraction of sp³-hybridized carbons (Fsp3) is 1.00. The first-order valence-corrected chi connectivity index (χ1v) is 5.25. The summed E-state index contributed by atoms with van der Waals surface area (Å²) in [5.74, 6) is 0.915. The van der Waals surface area contributed by atoms with E-state index in [-0.39, 0.29) is 0 Å². The van der Waals surface area contributed by atoms with Crippen LogP contribution < -0.4 is 5.73 Å². The molecule has 0 aromatic rings. The average molecular weight is 169 g/mol. The fourth-order valence-electron chi connectivity index (χ4n) is 2.22. The zero-order valence-corrected chi connectivity index (χ0v) is 8.77. The Balaban J connectivity index is 2.27. The van der Waals surface area contributed by atoms with Crippen LogP contribution in [0.25, 0.3) is 0 Å². The van der Waals surface area contributed by atoms with Crippen LogP contribution in [-0.4, -0.2) is 6.04 Å². The molecule has 1 nitrogen and oxygen atoms in total. The highest BCUT2D eigenvalue weighted by Crippen LogP contribution is 2.39. The summed E-state index contributed by atoms with van der Waals surface area (Å²) >= 11 is 0. The van der Waals surface area contributed by atoms with E-state index in [0.717, 1.165) is 5.92 Å². The molecule has 0 bridgehead atoms. The van der Waals surface area contributed by atoms with Crippen LogP contribution >= 0.6 is 0 Å². The molecular weight excluding hydrogens is 146 g/mol. The molecule has 0 aromatic heterocycles. The predicted octanol–water partition coefficient (Wildman–Crippen LogP) is 2.94.